The second-order valence-electron chi connectivity index (χ2n) is 5.24. The van der Waals surface area contributed by atoms with Crippen LogP contribution in [0.5, 0.6) is 5.75 Å². The summed E-state index contributed by atoms with van der Waals surface area (Å²) in [5, 5.41) is 3.17. The van der Waals surface area contributed by atoms with Crippen LogP contribution < -0.4 is 10.1 Å². The molecule has 0 spiro atoms. The highest BCUT2D eigenvalue weighted by Gasteiger charge is 2.20. The van der Waals surface area contributed by atoms with E-state index in [0.29, 0.717) is 28.7 Å². The van der Waals surface area contributed by atoms with Crippen molar-refractivity contribution in [2.24, 2.45) is 4.99 Å². The Morgan fingerprint density at radius 2 is 2.00 bits per heavy atom. The van der Waals surface area contributed by atoms with Crippen molar-refractivity contribution in [1.82, 2.24) is 5.32 Å². The SMILES string of the molecule is COc1ccc(/C=C2/N=C(Cc3ccc(F)cc3)NC2=O)cc1Cl. The summed E-state index contributed by atoms with van der Waals surface area (Å²) in [6.45, 7) is 0. The van der Waals surface area contributed by atoms with Crippen molar-refractivity contribution in [3.05, 3.63) is 70.1 Å². The van der Waals surface area contributed by atoms with Gasteiger partial charge in [0.25, 0.3) is 5.91 Å². The van der Waals surface area contributed by atoms with E-state index < -0.39 is 0 Å². The zero-order valence-corrected chi connectivity index (χ0v) is 13.6. The van der Waals surface area contributed by atoms with E-state index in [-0.39, 0.29) is 11.7 Å². The van der Waals surface area contributed by atoms with Crippen LogP contribution in [0.15, 0.2) is 53.2 Å². The van der Waals surface area contributed by atoms with Gasteiger partial charge >= 0.3 is 0 Å². The van der Waals surface area contributed by atoms with E-state index in [9.17, 15) is 9.18 Å². The molecule has 6 heteroatoms. The van der Waals surface area contributed by atoms with Crippen LogP contribution in [0.2, 0.25) is 5.02 Å². The summed E-state index contributed by atoms with van der Waals surface area (Å²) in [5.74, 6) is 0.514. The van der Waals surface area contributed by atoms with Crippen molar-refractivity contribution in [3.63, 3.8) is 0 Å². The third-order valence-electron chi connectivity index (χ3n) is 3.51. The average Bonchev–Trinajstić information content (AvgIpc) is 2.89. The van der Waals surface area contributed by atoms with Gasteiger partial charge < -0.3 is 10.1 Å². The molecule has 0 aliphatic carbocycles. The van der Waals surface area contributed by atoms with E-state index in [1.165, 1.54) is 19.2 Å². The second-order valence-corrected chi connectivity index (χ2v) is 5.65. The van der Waals surface area contributed by atoms with Gasteiger partial charge in [-0.05, 0) is 41.5 Å². The summed E-state index contributed by atoms with van der Waals surface area (Å²) >= 11 is 6.08. The van der Waals surface area contributed by atoms with Crippen LogP contribution in [0, 0.1) is 5.82 Å². The minimum Gasteiger partial charge on any atom is -0.495 e. The van der Waals surface area contributed by atoms with Gasteiger partial charge in [0, 0.05) is 6.42 Å². The molecule has 1 N–H and O–H groups in total. The van der Waals surface area contributed by atoms with Gasteiger partial charge in [0.15, 0.2) is 0 Å². The smallest absolute Gasteiger partial charge is 0.275 e. The molecule has 0 saturated carbocycles. The molecule has 2 aromatic carbocycles. The highest BCUT2D eigenvalue weighted by atomic mass is 35.5. The number of carbonyl (C=O) groups is 1. The minimum atomic E-state index is -0.298. The summed E-state index contributed by atoms with van der Waals surface area (Å²) in [7, 11) is 1.54. The second kappa shape index (κ2) is 6.84. The number of amides is 1. The molecular formula is C18H14ClFN2O2. The van der Waals surface area contributed by atoms with Crippen molar-refractivity contribution < 1.29 is 13.9 Å². The van der Waals surface area contributed by atoms with Gasteiger partial charge in [0.05, 0.1) is 12.1 Å². The van der Waals surface area contributed by atoms with Crippen LogP contribution >= 0.6 is 11.6 Å². The third-order valence-corrected chi connectivity index (χ3v) is 3.81. The fraction of sp³-hybridized carbons (Fsp3) is 0.111. The Bertz CT molecular complexity index is 845. The maximum absolute atomic E-state index is 12.9. The Balaban J connectivity index is 1.80. The van der Waals surface area contributed by atoms with Crippen molar-refractivity contribution in [3.8, 4) is 5.75 Å². The van der Waals surface area contributed by atoms with Crippen molar-refractivity contribution >= 4 is 29.4 Å². The summed E-state index contributed by atoms with van der Waals surface area (Å²) in [6, 6.07) is 11.3. The van der Waals surface area contributed by atoms with Crippen LogP contribution in [0.25, 0.3) is 6.08 Å². The maximum atomic E-state index is 12.9. The minimum absolute atomic E-state index is 0.279. The van der Waals surface area contributed by atoms with Gasteiger partial charge in [-0.2, -0.15) is 0 Å². The lowest BCUT2D eigenvalue weighted by atomic mass is 10.1. The lowest BCUT2D eigenvalue weighted by molar-refractivity contribution is -0.115. The first-order valence-electron chi connectivity index (χ1n) is 7.24. The molecule has 0 atom stereocenters. The number of rotatable bonds is 4. The molecule has 0 radical (unpaired) electrons. The number of halogens is 2. The largest absolute Gasteiger partial charge is 0.495 e. The van der Waals surface area contributed by atoms with Gasteiger partial charge in [-0.15, -0.1) is 0 Å². The fourth-order valence-electron chi connectivity index (χ4n) is 2.33. The van der Waals surface area contributed by atoms with Crippen molar-refractivity contribution in [2.75, 3.05) is 7.11 Å². The van der Waals surface area contributed by atoms with Crippen LogP contribution in [-0.4, -0.2) is 18.9 Å². The molecule has 122 valence electrons. The van der Waals surface area contributed by atoms with Gasteiger partial charge in [-0.25, -0.2) is 9.38 Å². The van der Waals surface area contributed by atoms with Crippen LogP contribution in [0.3, 0.4) is 0 Å². The molecule has 1 aliphatic rings. The summed E-state index contributed by atoms with van der Waals surface area (Å²) in [4.78, 5) is 16.3. The van der Waals surface area contributed by atoms with Gasteiger partial charge in [-0.1, -0.05) is 29.8 Å². The number of amidine groups is 1. The molecule has 1 aliphatic heterocycles. The fourth-order valence-corrected chi connectivity index (χ4v) is 2.59. The van der Waals surface area contributed by atoms with E-state index in [4.69, 9.17) is 16.3 Å². The first kappa shape index (κ1) is 16.2. The third kappa shape index (κ3) is 3.63. The van der Waals surface area contributed by atoms with Gasteiger partial charge in [0.2, 0.25) is 0 Å². The van der Waals surface area contributed by atoms with Crippen LogP contribution in [0.1, 0.15) is 11.1 Å². The molecule has 4 nitrogen and oxygen atoms in total. The van der Waals surface area contributed by atoms with Crippen molar-refractivity contribution in [1.29, 1.82) is 0 Å². The molecular weight excluding hydrogens is 331 g/mol. The summed E-state index contributed by atoms with van der Waals surface area (Å²) < 4.78 is 18.0. The van der Waals surface area contributed by atoms with Gasteiger partial charge in [0.1, 0.15) is 23.1 Å². The van der Waals surface area contributed by atoms with E-state index in [0.717, 1.165) is 11.1 Å². The molecule has 24 heavy (non-hydrogen) atoms. The Labute approximate surface area is 143 Å². The molecule has 1 amide bonds. The van der Waals surface area contributed by atoms with Crippen LogP contribution in [0.4, 0.5) is 4.39 Å². The highest BCUT2D eigenvalue weighted by molar-refractivity contribution is 6.32. The number of aliphatic imine (C=N–C) groups is 1. The number of methoxy groups -OCH3 is 1. The molecule has 0 fully saturated rings. The van der Waals surface area contributed by atoms with Gasteiger partial charge in [-0.3, -0.25) is 4.79 Å². The number of benzene rings is 2. The topological polar surface area (TPSA) is 50.7 Å². The molecule has 3 rings (SSSR count). The Morgan fingerprint density at radius 3 is 2.67 bits per heavy atom. The van der Waals surface area contributed by atoms with Crippen molar-refractivity contribution in [2.45, 2.75) is 6.42 Å². The normalized spacial score (nSPS) is 15.4. The molecule has 2 aromatic rings. The first-order chi connectivity index (χ1) is 11.5. The summed E-state index contributed by atoms with van der Waals surface area (Å²) in [5.41, 5.74) is 1.91. The zero-order chi connectivity index (χ0) is 17.1. The van der Waals surface area contributed by atoms with E-state index in [2.05, 4.69) is 10.3 Å². The Kier molecular flexibility index (Phi) is 4.62. The lowest BCUT2D eigenvalue weighted by Crippen LogP contribution is -2.25. The monoisotopic (exact) mass is 344 g/mol. The number of nitrogens with one attached hydrogen (secondary N) is 1. The predicted octanol–water partition coefficient (Wildman–Crippen LogP) is 3.60. The number of nitrogens with zero attached hydrogens (tertiary/aromatic N) is 1. The average molecular weight is 345 g/mol. The molecule has 0 bridgehead atoms. The molecule has 1 heterocycles. The predicted molar refractivity (Wildman–Crippen MR) is 91.7 cm³/mol. The quantitative estimate of drug-likeness (QED) is 0.861. The number of hydrogen-bond donors (Lipinski definition) is 1. The van der Waals surface area contributed by atoms with Crippen LogP contribution in [-0.2, 0) is 11.2 Å². The lowest BCUT2D eigenvalue weighted by Gasteiger charge is -2.03. The maximum Gasteiger partial charge on any atom is 0.275 e. The molecule has 0 saturated heterocycles. The molecule has 0 unspecified atom stereocenters. The highest BCUT2D eigenvalue weighted by Crippen LogP contribution is 2.26. The van der Waals surface area contributed by atoms with E-state index >= 15 is 0 Å². The number of carbonyl (C=O) groups excluding carboxylic acids is 1. The Morgan fingerprint density at radius 1 is 1.25 bits per heavy atom. The summed E-state index contributed by atoms with van der Waals surface area (Å²) in [6.07, 6.45) is 2.07. The standard InChI is InChI=1S/C18H14ClFN2O2/c1-24-16-7-4-12(8-14(16)19)9-15-18(23)22-17(21-15)10-11-2-5-13(20)6-3-11/h2-9H,10H2,1H3,(H,21,22,23)/b15-9+. The van der Waals surface area contributed by atoms with E-state index in [1.54, 1.807) is 36.4 Å². The first-order valence-corrected chi connectivity index (χ1v) is 7.61. The number of ether oxygens (including phenoxy) is 1. The van der Waals surface area contributed by atoms with E-state index in [1.807, 2.05) is 0 Å². The molecule has 0 aromatic heterocycles. The Hall–Kier alpha value is -2.66. The zero-order valence-electron chi connectivity index (χ0n) is 12.8. The number of hydrogen-bond acceptors (Lipinski definition) is 3.